The number of fused-ring (bicyclic) bond motifs is 1. The molecule has 13 heteroatoms. The highest BCUT2D eigenvalue weighted by atomic mass is 32.2. The Labute approximate surface area is 253 Å². The first-order valence-electron chi connectivity index (χ1n) is 14.8. The predicted octanol–water partition coefficient (Wildman–Crippen LogP) is 2.18. The number of nitrogens with one attached hydrogen (secondary N) is 3. The highest BCUT2D eigenvalue weighted by Gasteiger charge is 2.32. The number of benzene rings is 2. The largest absolute Gasteiger partial charge is 0.466 e. The number of rotatable bonds is 15. The summed E-state index contributed by atoms with van der Waals surface area (Å²) >= 11 is 0. The number of amides is 2. The number of likely N-dealkylation sites (tertiary alicyclic amines) is 1. The van der Waals surface area contributed by atoms with Gasteiger partial charge in [-0.15, -0.1) is 0 Å². The fraction of sp³-hybridized carbons (Fsp3) is 0.533. The molecule has 236 valence electrons. The third-order valence-electron chi connectivity index (χ3n) is 7.45. The molecule has 0 spiro atoms. The minimum Gasteiger partial charge on any atom is -0.466 e. The Bertz CT molecular complexity index is 1380. The molecule has 43 heavy (non-hydrogen) atoms. The second-order valence-corrected chi connectivity index (χ2v) is 12.5. The minimum atomic E-state index is -4.20. The van der Waals surface area contributed by atoms with Crippen LogP contribution in [0, 0.1) is 11.3 Å². The van der Waals surface area contributed by atoms with Crippen molar-refractivity contribution in [2.45, 2.75) is 63.3 Å². The first-order chi connectivity index (χ1) is 20.5. The second-order valence-electron chi connectivity index (χ2n) is 10.8. The van der Waals surface area contributed by atoms with Gasteiger partial charge in [0.15, 0.2) is 5.96 Å². The number of sulfonamides is 1. The zero-order valence-corrected chi connectivity index (χ0v) is 25.8. The average Bonchev–Trinajstić information content (AvgIpc) is 2.99. The van der Waals surface area contributed by atoms with E-state index in [1.54, 1.807) is 30.0 Å². The molecule has 0 aromatic heterocycles. The van der Waals surface area contributed by atoms with Gasteiger partial charge in [0.05, 0.1) is 24.3 Å². The van der Waals surface area contributed by atoms with Gasteiger partial charge in [-0.25, -0.2) is 8.42 Å². The van der Waals surface area contributed by atoms with Crippen LogP contribution in [0.1, 0.15) is 52.4 Å². The van der Waals surface area contributed by atoms with Gasteiger partial charge in [-0.1, -0.05) is 43.7 Å². The highest BCUT2D eigenvalue weighted by molar-refractivity contribution is 7.89. The van der Waals surface area contributed by atoms with Crippen LogP contribution in [0.4, 0.5) is 0 Å². The van der Waals surface area contributed by atoms with Gasteiger partial charge in [0.1, 0.15) is 6.04 Å². The van der Waals surface area contributed by atoms with E-state index in [0.29, 0.717) is 32.6 Å². The molecule has 1 fully saturated rings. The number of unbranched alkanes of at least 4 members (excludes halogenated alkanes) is 1. The molecule has 2 aromatic carbocycles. The van der Waals surface area contributed by atoms with Crippen molar-refractivity contribution in [3.8, 4) is 0 Å². The lowest BCUT2D eigenvalue weighted by Crippen LogP contribution is -2.51. The van der Waals surface area contributed by atoms with Crippen LogP contribution in [0.2, 0.25) is 0 Å². The van der Waals surface area contributed by atoms with Crippen LogP contribution in [0.3, 0.4) is 0 Å². The fourth-order valence-corrected chi connectivity index (χ4v) is 6.32. The standard InChI is InChI=1S/C30H44N6O6S/c1-3-5-15-35(17-14-28(38)42-4-2)29(39)26(19-27(37)33-20-22-9-8-16-36(21-22)30(31)32)34-43(40,41)25-13-12-23-10-6-7-11-24(23)18-25/h6-7,10-13,18,22,26,34H,3-5,8-9,14-17,19-21H2,1-2H3,(H3,31,32)(H,33,37)/t22?,26-/m0/s1. The summed E-state index contributed by atoms with van der Waals surface area (Å²) in [5, 5.41) is 12.1. The lowest BCUT2D eigenvalue weighted by molar-refractivity contribution is -0.144. The van der Waals surface area contributed by atoms with Crippen LogP contribution in [0.15, 0.2) is 47.4 Å². The number of carbonyl (C=O) groups is 3. The maximum Gasteiger partial charge on any atom is 0.307 e. The Hall–Kier alpha value is -3.71. The Morgan fingerprint density at radius 2 is 1.88 bits per heavy atom. The summed E-state index contributed by atoms with van der Waals surface area (Å²) in [5.74, 6) is -1.48. The number of nitrogens with zero attached hydrogens (tertiary/aromatic N) is 2. The highest BCUT2D eigenvalue weighted by Crippen LogP contribution is 2.20. The van der Waals surface area contributed by atoms with Gasteiger partial charge in [0, 0.05) is 32.7 Å². The maximum atomic E-state index is 13.8. The molecule has 1 aliphatic rings. The van der Waals surface area contributed by atoms with E-state index >= 15 is 0 Å². The maximum absolute atomic E-state index is 13.8. The van der Waals surface area contributed by atoms with Crippen LogP contribution in [0.5, 0.6) is 0 Å². The second kappa shape index (κ2) is 16.2. The molecular formula is C30H44N6O6S. The number of hydrogen-bond donors (Lipinski definition) is 4. The lowest BCUT2D eigenvalue weighted by Gasteiger charge is -2.33. The molecule has 0 saturated carbocycles. The Kier molecular flexibility index (Phi) is 12.7. The van der Waals surface area contributed by atoms with Gasteiger partial charge in [-0.3, -0.25) is 19.8 Å². The Morgan fingerprint density at radius 3 is 2.58 bits per heavy atom. The van der Waals surface area contributed by atoms with Crippen LogP contribution in [0.25, 0.3) is 10.8 Å². The van der Waals surface area contributed by atoms with E-state index in [2.05, 4.69) is 10.0 Å². The molecule has 1 aliphatic heterocycles. The molecule has 3 rings (SSSR count). The Balaban J connectivity index is 1.80. The molecule has 1 saturated heterocycles. The van der Waals surface area contributed by atoms with E-state index in [-0.39, 0.29) is 36.3 Å². The van der Waals surface area contributed by atoms with Gasteiger partial charge in [0.25, 0.3) is 0 Å². The fourth-order valence-electron chi connectivity index (χ4n) is 5.10. The molecular weight excluding hydrogens is 572 g/mol. The first-order valence-corrected chi connectivity index (χ1v) is 16.3. The van der Waals surface area contributed by atoms with E-state index in [4.69, 9.17) is 15.9 Å². The van der Waals surface area contributed by atoms with E-state index in [1.807, 2.05) is 19.1 Å². The van der Waals surface area contributed by atoms with Crippen molar-refractivity contribution in [3.05, 3.63) is 42.5 Å². The summed E-state index contributed by atoms with van der Waals surface area (Å²) in [6.07, 6.45) is 2.62. The van der Waals surface area contributed by atoms with Gasteiger partial charge in [0.2, 0.25) is 21.8 Å². The predicted molar refractivity (Wildman–Crippen MR) is 165 cm³/mol. The molecule has 0 aliphatic carbocycles. The molecule has 0 bridgehead atoms. The first kappa shape index (κ1) is 33.8. The summed E-state index contributed by atoms with van der Waals surface area (Å²) < 4.78 is 34.6. The number of hydrogen-bond acceptors (Lipinski definition) is 7. The van der Waals surface area contributed by atoms with Gasteiger partial charge in [-0.05, 0) is 55.0 Å². The lowest BCUT2D eigenvalue weighted by atomic mass is 9.98. The molecule has 1 heterocycles. The summed E-state index contributed by atoms with van der Waals surface area (Å²) in [7, 11) is -4.20. The minimum absolute atomic E-state index is 0.0141. The third kappa shape index (κ3) is 10.2. The number of guanidine groups is 1. The molecule has 2 amide bonds. The Morgan fingerprint density at radius 1 is 1.14 bits per heavy atom. The SMILES string of the molecule is CCCCN(CCC(=O)OCC)C(=O)[C@H](CC(=O)NCC1CCCN(C(=N)N)C1)NS(=O)(=O)c1ccc2ccccc2c1. The number of carbonyl (C=O) groups excluding carboxylic acids is 3. The number of ether oxygens (including phenoxy) is 1. The van der Waals surface area contributed by atoms with Crippen molar-refractivity contribution in [2.24, 2.45) is 11.7 Å². The zero-order valence-electron chi connectivity index (χ0n) is 25.0. The van der Waals surface area contributed by atoms with Crippen molar-refractivity contribution in [2.75, 3.05) is 39.3 Å². The topological polar surface area (TPSA) is 175 Å². The van der Waals surface area contributed by atoms with Crippen LogP contribution < -0.4 is 15.8 Å². The van der Waals surface area contributed by atoms with Crippen molar-refractivity contribution < 1.29 is 27.5 Å². The molecule has 2 aromatic rings. The number of piperidine rings is 1. The van der Waals surface area contributed by atoms with Crippen LogP contribution in [-0.2, 0) is 29.1 Å². The van der Waals surface area contributed by atoms with E-state index < -0.39 is 40.3 Å². The van der Waals surface area contributed by atoms with Crippen molar-refractivity contribution in [3.63, 3.8) is 0 Å². The third-order valence-corrected chi connectivity index (χ3v) is 8.92. The van der Waals surface area contributed by atoms with Crippen LogP contribution in [-0.4, -0.2) is 87.3 Å². The molecule has 0 radical (unpaired) electrons. The molecule has 1 unspecified atom stereocenters. The van der Waals surface area contributed by atoms with E-state index in [9.17, 15) is 22.8 Å². The molecule has 5 N–H and O–H groups in total. The van der Waals surface area contributed by atoms with Crippen molar-refractivity contribution in [1.82, 2.24) is 19.8 Å². The normalized spacial score (nSPS) is 16.0. The number of nitrogens with two attached hydrogens (primary N) is 1. The molecule has 2 atom stereocenters. The summed E-state index contributed by atoms with van der Waals surface area (Å²) in [6.45, 7) is 5.73. The van der Waals surface area contributed by atoms with Gasteiger partial charge >= 0.3 is 5.97 Å². The zero-order chi connectivity index (χ0) is 31.4. The number of esters is 1. The van der Waals surface area contributed by atoms with Crippen molar-refractivity contribution >= 4 is 44.5 Å². The quantitative estimate of drug-likeness (QED) is 0.134. The van der Waals surface area contributed by atoms with Gasteiger partial charge in [-0.2, -0.15) is 4.72 Å². The summed E-state index contributed by atoms with van der Waals surface area (Å²) in [5.41, 5.74) is 5.63. The van der Waals surface area contributed by atoms with Gasteiger partial charge < -0.3 is 25.6 Å². The van der Waals surface area contributed by atoms with Crippen molar-refractivity contribution in [1.29, 1.82) is 5.41 Å². The monoisotopic (exact) mass is 616 g/mol. The summed E-state index contributed by atoms with van der Waals surface area (Å²) in [6, 6.07) is 10.6. The van der Waals surface area contributed by atoms with Crippen LogP contribution >= 0.6 is 0 Å². The molecule has 12 nitrogen and oxygen atoms in total. The van der Waals surface area contributed by atoms with E-state index in [1.165, 1.54) is 17.0 Å². The van der Waals surface area contributed by atoms with E-state index in [0.717, 1.165) is 30.0 Å². The summed E-state index contributed by atoms with van der Waals surface area (Å²) in [4.78, 5) is 42.2. The smallest absolute Gasteiger partial charge is 0.307 e. The average molecular weight is 617 g/mol.